The number of amides is 1. The van der Waals surface area contributed by atoms with E-state index in [-0.39, 0.29) is 24.3 Å². The third kappa shape index (κ3) is 3.37. The first-order valence-electron chi connectivity index (χ1n) is 9.63. The molecule has 1 saturated carbocycles. The summed E-state index contributed by atoms with van der Waals surface area (Å²) in [6, 6.07) is 7.52. The fourth-order valence-electron chi connectivity index (χ4n) is 3.42. The molecular formula is C20H20N8O2. The summed E-state index contributed by atoms with van der Waals surface area (Å²) in [6.07, 6.45) is 5.45. The Morgan fingerprint density at radius 2 is 2.10 bits per heavy atom. The van der Waals surface area contributed by atoms with E-state index in [0.29, 0.717) is 29.4 Å². The van der Waals surface area contributed by atoms with Gasteiger partial charge in [-0.15, -0.1) is 0 Å². The van der Waals surface area contributed by atoms with Crippen LogP contribution in [0.4, 0.5) is 23.0 Å². The van der Waals surface area contributed by atoms with Crippen molar-refractivity contribution in [2.45, 2.75) is 18.9 Å². The van der Waals surface area contributed by atoms with Gasteiger partial charge in [-0.2, -0.15) is 9.61 Å². The van der Waals surface area contributed by atoms with Crippen molar-refractivity contribution in [3.8, 4) is 0 Å². The van der Waals surface area contributed by atoms with Crippen LogP contribution in [0.3, 0.4) is 0 Å². The molecule has 0 radical (unpaired) electrons. The number of aliphatic hydroxyl groups excluding tert-OH is 1. The monoisotopic (exact) mass is 404 g/mol. The molecule has 0 spiro atoms. The number of hydrogen-bond donors (Lipinski definition) is 4. The molecule has 152 valence electrons. The first-order chi connectivity index (χ1) is 14.6. The number of nitrogens with one attached hydrogen (secondary N) is 3. The van der Waals surface area contributed by atoms with Gasteiger partial charge in [0.25, 0.3) is 0 Å². The molecule has 5 rings (SSSR count). The Balaban J connectivity index is 1.48. The Kier molecular flexibility index (Phi) is 4.40. The number of para-hydroxylation sites is 1. The Morgan fingerprint density at radius 3 is 2.90 bits per heavy atom. The summed E-state index contributed by atoms with van der Waals surface area (Å²) in [6.45, 7) is 0. The van der Waals surface area contributed by atoms with Crippen molar-refractivity contribution in [1.82, 2.24) is 24.6 Å². The second kappa shape index (κ2) is 7.23. The van der Waals surface area contributed by atoms with E-state index in [2.05, 4.69) is 36.0 Å². The zero-order chi connectivity index (χ0) is 20.7. The van der Waals surface area contributed by atoms with Crippen LogP contribution in [0.1, 0.15) is 12.8 Å². The fourth-order valence-corrected chi connectivity index (χ4v) is 3.42. The lowest BCUT2D eigenvalue weighted by Gasteiger charge is -2.11. The predicted molar refractivity (Wildman–Crippen MR) is 113 cm³/mol. The summed E-state index contributed by atoms with van der Waals surface area (Å²) >= 11 is 0. The number of fused-ring (bicyclic) bond motifs is 2. The number of benzene rings is 1. The number of aromatic nitrogens is 5. The average molecular weight is 404 g/mol. The van der Waals surface area contributed by atoms with Gasteiger partial charge in [0.15, 0.2) is 5.65 Å². The lowest BCUT2D eigenvalue weighted by molar-refractivity contribution is -0.116. The summed E-state index contributed by atoms with van der Waals surface area (Å²) in [7, 11) is 1.79. The van der Waals surface area contributed by atoms with Gasteiger partial charge < -0.3 is 21.1 Å². The van der Waals surface area contributed by atoms with Crippen molar-refractivity contribution < 1.29 is 9.90 Å². The Hall–Kier alpha value is -3.79. The summed E-state index contributed by atoms with van der Waals surface area (Å²) in [5, 5.41) is 23.0. The van der Waals surface area contributed by atoms with Crippen molar-refractivity contribution in [2.75, 3.05) is 23.0 Å². The number of carbonyl (C=O) groups excluding carboxylic acids is 1. The van der Waals surface area contributed by atoms with Gasteiger partial charge in [0.2, 0.25) is 5.91 Å². The van der Waals surface area contributed by atoms with E-state index in [9.17, 15) is 9.90 Å². The molecule has 0 bridgehead atoms. The quantitative estimate of drug-likeness (QED) is 0.385. The minimum Gasteiger partial charge on any atom is -0.393 e. The highest BCUT2D eigenvalue weighted by Gasteiger charge is 2.36. The first-order valence-corrected chi connectivity index (χ1v) is 9.63. The van der Waals surface area contributed by atoms with Crippen LogP contribution in [0.5, 0.6) is 0 Å². The molecule has 30 heavy (non-hydrogen) atoms. The molecule has 1 aromatic carbocycles. The van der Waals surface area contributed by atoms with Gasteiger partial charge in [-0.05, 0) is 24.5 Å². The zero-order valence-corrected chi connectivity index (χ0v) is 16.2. The molecule has 1 aliphatic rings. The van der Waals surface area contributed by atoms with Crippen LogP contribution < -0.4 is 16.0 Å². The van der Waals surface area contributed by atoms with E-state index in [4.69, 9.17) is 0 Å². The SMILES string of the molecule is CNc1cc(Nc2cccc3nccnc23)nc2c(NC(=O)CC3CC3O)cnn12. The summed E-state index contributed by atoms with van der Waals surface area (Å²) in [4.78, 5) is 25.7. The third-order valence-electron chi connectivity index (χ3n) is 5.10. The number of hydrogen-bond acceptors (Lipinski definition) is 8. The number of nitrogens with zero attached hydrogens (tertiary/aromatic N) is 5. The fraction of sp³-hybridized carbons (Fsp3) is 0.250. The van der Waals surface area contributed by atoms with E-state index >= 15 is 0 Å². The lowest BCUT2D eigenvalue weighted by Crippen LogP contribution is -2.13. The highest BCUT2D eigenvalue weighted by molar-refractivity contribution is 5.95. The van der Waals surface area contributed by atoms with Crippen LogP contribution in [0.25, 0.3) is 16.7 Å². The van der Waals surface area contributed by atoms with E-state index in [1.807, 2.05) is 24.3 Å². The highest BCUT2D eigenvalue weighted by Crippen LogP contribution is 2.34. The van der Waals surface area contributed by atoms with Crippen LogP contribution in [0, 0.1) is 5.92 Å². The van der Waals surface area contributed by atoms with Crippen LogP contribution in [0.15, 0.2) is 42.9 Å². The molecule has 0 saturated heterocycles. The van der Waals surface area contributed by atoms with E-state index in [0.717, 1.165) is 16.7 Å². The minimum absolute atomic E-state index is 0.0392. The zero-order valence-electron chi connectivity index (χ0n) is 16.2. The van der Waals surface area contributed by atoms with Crippen molar-refractivity contribution in [1.29, 1.82) is 0 Å². The van der Waals surface area contributed by atoms with Gasteiger partial charge in [0.1, 0.15) is 22.8 Å². The van der Waals surface area contributed by atoms with E-state index in [1.54, 1.807) is 30.2 Å². The van der Waals surface area contributed by atoms with Crippen molar-refractivity contribution in [2.24, 2.45) is 5.92 Å². The maximum atomic E-state index is 12.3. The van der Waals surface area contributed by atoms with Crippen LogP contribution >= 0.6 is 0 Å². The van der Waals surface area contributed by atoms with E-state index < -0.39 is 0 Å². The summed E-state index contributed by atoms with van der Waals surface area (Å²) < 4.78 is 1.62. The molecular weight excluding hydrogens is 384 g/mol. The topological polar surface area (TPSA) is 129 Å². The molecule has 3 aromatic heterocycles. The van der Waals surface area contributed by atoms with Gasteiger partial charge in [0.05, 0.1) is 23.5 Å². The van der Waals surface area contributed by atoms with Crippen LogP contribution in [0.2, 0.25) is 0 Å². The van der Waals surface area contributed by atoms with Crippen molar-refractivity contribution >= 4 is 45.6 Å². The number of aliphatic hydroxyl groups is 1. The first kappa shape index (κ1) is 18.3. The molecule has 10 heteroatoms. The Labute approximate surface area is 171 Å². The molecule has 1 fully saturated rings. The molecule has 1 amide bonds. The molecule has 1 aliphatic carbocycles. The normalized spacial score (nSPS) is 17.8. The third-order valence-corrected chi connectivity index (χ3v) is 5.10. The molecule has 3 heterocycles. The Morgan fingerprint density at radius 1 is 1.27 bits per heavy atom. The molecule has 2 atom stereocenters. The number of carbonyl (C=O) groups is 1. The standard InChI is InChI=1S/C20H20N8O2/c1-21-17-9-16(25-13-4-2-3-12-19(13)23-6-5-22-12)27-20-14(10-24-28(17)20)26-18(30)8-11-7-15(11)29/h2-6,9-11,15,21,29H,7-8H2,1H3,(H,25,27)(H,26,30). The highest BCUT2D eigenvalue weighted by atomic mass is 16.3. The molecule has 4 aromatic rings. The lowest BCUT2D eigenvalue weighted by atomic mass is 10.2. The number of anilines is 4. The average Bonchev–Trinajstić information content (AvgIpc) is 3.29. The van der Waals surface area contributed by atoms with Gasteiger partial charge in [0, 0.05) is 31.9 Å². The molecule has 4 N–H and O–H groups in total. The second-order valence-electron chi connectivity index (χ2n) is 7.24. The van der Waals surface area contributed by atoms with Crippen LogP contribution in [-0.4, -0.2) is 48.7 Å². The largest absolute Gasteiger partial charge is 0.393 e. The predicted octanol–water partition coefficient (Wildman–Crippen LogP) is 2.17. The van der Waals surface area contributed by atoms with Gasteiger partial charge in [-0.25, -0.2) is 4.98 Å². The smallest absolute Gasteiger partial charge is 0.224 e. The molecule has 0 aliphatic heterocycles. The summed E-state index contributed by atoms with van der Waals surface area (Å²) in [5.74, 6) is 1.14. The number of rotatable bonds is 6. The van der Waals surface area contributed by atoms with Gasteiger partial charge in [-0.1, -0.05) is 6.07 Å². The maximum Gasteiger partial charge on any atom is 0.224 e. The second-order valence-corrected chi connectivity index (χ2v) is 7.24. The van der Waals surface area contributed by atoms with Gasteiger partial charge in [-0.3, -0.25) is 14.8 Å². The van der Waals surface area contributed by atoms with Gasteiger partial charge >= 0.3 is 0 Å². The Bertz CT molecular complexity index is 1250. The molecule has 10 nitrogen and oxygen atoms in total. The molecule has 2 unspecified atom stereocenters. The van der Waals surface area contributed by atoms with E-state index in [1.165, 1.54) is 0 Å². The van der Waals surface area contributed by atoms with Crippen LogP contribution in [-0.2, 0) is 4.79 Å². The van der Waals surface area contributed by atoms with Crippen molar-refractivity contribution in [3.05, 3.63) is 42.9 Å². The summed E-state index contributed by atoms with van der Waals surface area (Å²) in [5.41, 5.74) is 3.29. The van der Waals surface area contributed by atoms with Crippen molar-refractivity contribution in [3.63, 3.8) is 0 Å². The minimum atomic E-state index is -0.367. The maximum absolute atomic E-state index is 12.3.